The van der Waals surface area contributed by atoms with E-state index in [0.717, 1.165) is 11.1 Å². The highest BCUT2D eigenvalue weighted by molar-refractivity contribution is 5.27. The van der Waals surface area contributed by atoms with Gasteiger partial charge in [0.25, 0.3) is 0 Å². The summed E-state index contributed by atoms with van der Waals surface area (Å²) in [5, 5.41) is 9.96. The highest BCUT2D eigenvalue weighted by atomic mass is 19.1. The molecule has 0 spiro atoms. The number of aromatic nitrogens is 2. The summed E-state index contributed by atoms with van der Waals surface area (Å²) in [4.78, 5) is 7.91. The number of nitrogens with zero attached hydrogens (tertiary/aromatic N) is 2. The van der Waals surface area contributed by atoms with Gasteiger partial charge >= 0.3 is 0 Å². The summed E-state index contributed by atoms with van der Waals surface area (Å²) in [6.07, 6.45) is 4.16. The van der Waals surface area contributed by atoms with Gasteiger partial charge in [0.15, 0.2) is 0 Å². The summed E-state index contributed by atoms with van der Waals surface area (Å²) in [6, 6.07) is 4.55. The summed E-state index contributed by atoms with van der Waals surface area (Å²) < 4.78 is 13.1. The number of halogens is 1. The SMILES string of the molecule is Cc1ccc(F)cc1CC(O)c1cnccn1. The third kappa shape index (κ3) is 2.85. The summed E-state index contributed by atoms with van der Waals surface area (Å²) in [6.45, 7) is 1.89. The molecule has 0 saturated carbocycles. The Balaban J connectivity index is 2.18. The van der Waals surface area contributed by atoms with Gasteiger partial charge in [-0.3, -0.25) is 9.97 Å². The second kappa shape index (κ2) is 5.01. The molecule has 0 aliphatic carbocycles. The maximum atomic E-state index is 13.1. The number of aryl methyl sites for hydroxylation is 1. The summed E-state index contributed by atoms with van der Waals surface area (Å²) in [7, 11) is 0. The maximum Gasteiger partial charge on any atom is 0.123 e. The van der Waals surface area contributed by atoms with E-state index in [0.29, 0.717) is 12.1 Å². The molecule has 0 amide bonds. The molecule has 2 rings (SSSR count). The lowest BCUT2D eigenvalue weighted by molar-refractivity contribution is 0.173. The second-order valence-electron chi connectivity index (χ2n) is 3.92. The van der Waals surface area contributed by atoms with Gasteiger partial charge in [0.2, 0.25) is 0 Å². The van der Waals surface area contributed by atoms with Crippen LogP contribution in [0.5, 0.6) is 0 Å². The van der Waals surface area contributed by atoms with Crippen molar-refractivity contribution in [3.8, 4) is 0 Å². The molecule has 0 radical (unpaired) electrons. The third-order valence-electron chi connectivity index (χ3n) is 2.65. The largest absolute Gasteiger partial charge is 0.386 e. The summed E-state index contributed by atoms with van der Waals surface area (Å²) in [5.74, 6) is -0.294. The number of aliphatic hydroxyl groups excluding tert-OH is 1. The lowest BCUT2D eigenvalue weighted by atomic mass is 10.0. The van der Waals surface area contributed by atoms with Crippen molar-refractivity contribution in [1.82, 2.24) is 9.97 Å². The molecule has 0 aliphatic heterocycles. The van der Waals surface area contributed by atoms with Crippen molar-refractivity contribution in [3.63, 3.8) is 0 Å². The van der Waals surface area contributed by atoms with Gasteiger partial charge in [-0.05, 0) is 30.2 Å². The van der Waals surface area contributed by atoms with Crippen LogP contribution in [-0.4, -0.2) is 15.1 Å². The first-order chi connectivity index (χ1) is 8.16. The predicted octanol–water partition coefficient (Wildman–Crippen LogP) is 2.20. The first kappa shape index (κ1) is 11.7. The zero-order valence-electron chi connectivity index (χ0n) is 9.47. The average molecular weight is 232 g/mol. The maximum absolute atomic E-state index is 13.1. The normalized spacial score (nSPS) is 12.4. The summed E-state index contributed by atoms with van der Waals surface area (Å²) in [5.41, 5.74) is 2.23. The van der Waals surface area contributed by atoms with Gasteiger partial charge in [0.1, 0.15) is 11.9 Å². The Morgan fingerprint density at radius 3 is 2.88 bits per heavy atom. The summed E-state index contributed by atoms with van der Waals surface area (Å²) >= 11 is 0. The Morgan fingerprint density at radius 1 is 1.35 bits per heavy atom. The van der Waals surface area contributed by atoms with E-state index >= 15 is 0 Å². The number of aliphatic hydroxyl groups is 1. The standard InChI is InChI=1S/C13H13FN2O/c1-9-2-3-11(14)6-10(9)7-13(17)12-8-15-4-5-16-12/h2-6,8,13,17H,7H2,1H3. The van der Waals surface area contributed by atoms with Crippen LogP contribution in [-0.2, 0) is 6.42 Å². The minimum atomic E-state index is -0.760. The van der Waals surface area contributed by atoms with Crippen molar-refractivity contribution in [2.24, 2.45) is 0 Å². The van der Waals surface area contributed by atoms with Gasteiger partial charge in [-0.25, -0.2) is 4.39 Å². The van der Waals surface area contributed by atoms with Crippen molar-refractivity contribution >= 4 is 0 Å². The number of rotatable bonds is 3. The van der Waals surface area contributed by atoms with Crippen molar-refractivity contribution in [3.05, 3.63) is 59.4 Å². The van der Waals surface area contributed by atoms with Crippen LogP contribution in [0.25, 0.3) is 0 Å². The minimum Gasteiger partial charge on any atom is -0.386 e. The molecule has 88 valence electrons. The van der Waals surface area contributed by atoms with Crippen LogP contribution in [0.3, 0.4) is 0 Å². The van der Waals surface area contributed by atoms with Crippen LogP contribution in [0.2, 0.25) is 0 Å². The van der Waals surface area contributed by atoms with Crippen molar-refractivity contribution in [1.29, 1.82) is 0 Å². The van der Waals surface area contributed by atoms with Crippen LogP contribution in [0.1, 0.15) is 22.9 Å². The molecule has 17 heavy (non-hydrogen) atoms. The Kier molecular flexibility index (Phi) is 3.44. The van der Waals surface area contributed by atoms with E-state index < -0.39 is 6.10 Å². The highest BCUT2D eigenvalue weighted by Gasteiger charge is 2.12. The molecule has 1 heterocycles. The Bertz CT molecular complexity index is 502. The molecule has 1 aromatic carbocycles. The topological polar surface area (TPSA) is 46.0 Å². The lowest BCUT2D eigenvalue weighted by Gasteiger charge is -2.11. The molecular weight excluding hydrogens is 219 g/mol. The molecule has 1 N–H and O–H groups in total. The minimum absolute atomic E-state index is 0.294. The van der Waals surface area contributed by atoms with Crippen LogP contribution in [0, 0.1) is 12.7 Å². The van der Waals surface area contributed by atoms with E-state index in [4.69, 9.17) is 0 Å². The fourth-order valence-corrected chi connectivity index (χ4v) is 1.66. The molecule has 0 saturated heterocycles. The second-order valence-corrected chi connectivity index (χ2v) is 3.92. The number of hydrogen-bond acceptors (Lipinski definition) is 3. The van der Waals surface area contributed by atoms with Crippen LogP contribution in [0.15, 0.2) is 36.8 Å². The van der Waals surface area contributed by atoms with E-state index in [-0.39, 0.29) is 5.82 Å². The average Bonchev–Trinajstić information content (AvgIpc) is 2.35. The van der Waals surface area contributed by atoms with Gasteiger partial charge < -0.3 is 5.11 Å². The van der Waals surface area contributed by atoms with E-state index in [1.54, 1.807) is 12.3 Å². The lowest BCUT2D eigenvalue weighted by Crippen LogP contribution is -2.05. The zero-order chi connectivity index (χ0) is 12.3. The highest BCUT2D eigenvalue weighted by Crippen LogP contribution is 2.19. The number of benzene rings is 1. The van der Waals surface area contributed by atoms with Crippen LogP contribution in [0.4, 0.5) is 4.39 Å². The Hall–Kier alpha value is -1.81. The van der Waals surface area contributed by atoms with Crippen molar-refractivity contribution < 1.29 is 9.50 Å². The number of hydrogen-bond donors (Lipinski definition) is 1. The fraction of sp³-hybridized carbons (Fsp3) is 0.231. The predicted molar refractivity (Wildman–Crippen MR) is 61.8 cm³/mol. The molecule has 0 fully saturated rings. The van der Waals surface area contributed by atoms with E-state index in [9.17, 15) is 9.50 Å². The van der Waals surface area contributed by atoms with Crippen LogP contribution >= 0.6 is 0 Å². The van der Waals surface area contributed by atoms with Crippen molar-refractivity contribution in [2.75, 3.05) is 0 Å². The molecule has 3 nitrogen and oxygen atoms in total. The van der Waals surface area contributed by atoms with Crippen molar-refractivity contribution in [2.45, 2.75) is 19.4 Å². The van der Waals surface area contributed by atoms with E-state index in [2.05, 4.69) is 9.97 Å². The van der Waals surface area contributed by atoms with E-state index in [1.807, 2.05) is 6.92 Å². The molecule has 2 aromatic rings. The molecule has 4 heteroatoms. The Morgan fingerprint density at radius 2 is 2.18 bits per heavy atom. The van der Waals surface area contributed by atoms with Gasteiger partial charge in [0, 0.05) is 18.8 Å². The molecule has 1 aromatic heterocycles. The van der Waals surface area contributed by atoms with Crippen LogP contribution < -0.4 is 0 Å². The first-order valence-electron chi connectivity index (χ1n) is 5.36. The third-order valence-corrected chi connectivity index (χ3v) is 2.65. The molecule has 1 unspecified atom stereocenters. The molecular formula is C13H13FN2O. The zero-order valence-corrected chi connectivity index (χ0v) is 9.47. The monoisotopic (exact) mass is 232 g/mol. The first-order valence-corrected chi connectivity index (χ1v) is 5.36. The molecule has 0 aliphatic rings. The smallest absolute Gasteiger partial charge is 0.123 e. The van der Waals surface area contributed by atoms with Gasteiger partial charge in [-0.2, -0.15) is 0 Å². The Labute approximate surface area is 99.0 Å². The molecule has 1 atom stereocenters. The van der Waals surface area contributed by atoms with E-state index in [1.165, 1.54) is 24.5 Å². The van der Waals surface area contributed by atoms with Gasteiger partial charge in [-0.1, -0.05) is 6.07 Å². The van der Waals surface area contributed by atoms with Gasteiger partial charge in [0.05, 0.1) is 11.9 Å². The molecule has 0 bridgehead atoms. The fourth-order valence-electron chi connectivity index (χ4n) is 1.66. The quantitative estimate of drug-likeness (QED) is 0.882. The van der Waals surface area contributed by atoms with Gasteiger partial charge in [-0.15, -0.1) is 0 Å².